The van der Waals surface area contributed by atoms with Gasteiger partial charge in [-0.15, -0.1) is 0 Å². The van der Waals surface area contributed by atoms with Crippen molar-refractivity contribution in [2.45, 2.75) is 63.5 Å². The van der Waals surface area contributed by atoms with E-state index in [2.05, 4.69) is 6.92 Å². The summed E-state index contributed by atoms with van der Waals surface area (Å²) in [4.78, 5) is 11.5. The van der Waals surface area contributed by atoms with Crippen LogP contribution in [0.25, 0.3) is 0 Å². The van der Waals surface area contributed by atoms with E-state index in [1.807, 2.05) is 0 Å². The van der Waals surface area contributed by atoms with Gasteiger partial charge in [-0.3, -0.25) is 4.79 Å². The van der Waals surface area contributed by atoms with Gasteiger partial charge in [0.15, 0.2) is 0 Å². The molecule has 0 saturated heterocycles. The maximum atomic E-state index is 13.4. The number of ketones is 1. The summed E-state index contributed by atoms with van der Waals surface area (Å²) >= 11 is 0. The monoisotopic (exact) mass is 372 g/mol. The van der Waals surface area contributed by atoms with Crippen LogP contribution in [0, 0.1) is 0 Å². The van der Waals surface area contributed by atoms with Crippen molar-refractivity contribution in [2.24, 2.45) is 0 Å². The number of carbonyl (C=O) groups excluding carboxylic acids is 1. The van der Waals surface area contributed by atoms with Gasteiger partial charge >= 0.3 is 18.0 Å². The van der Waals surface area contributed by atoms with Gasteiger partial charge in [0.25, 0.3) is 0 Å². The Bertz CT molecular complexity index is 561. The standard InChI is InChI=1S/C17H19F7O/c1-2-3-4-5-6-7-12-8-10-13(11-9-12)14(25)15(18,19)16(20,21)17(22,23)24/h8-11H,2-7H2,1H3. The lowest BCUT2D eigenvalue weighted by Crippen LogP contribution is -2.56. The molecule has 0 bridgehead atoms. The molecule has 1 aromatic carbocycles. The summed E-state index contributed by atoms with van der Waals surface area (Å²) in [6.45, 7) is 2.06. The van der Waals surface area contributed by atoms with Gasteiger partial charge in [0, 0.05) is 5.56 Å². The molecule has 1 nitrogen and oxygen atoms in total. The number of aryl methyl sites for hydroxylation is 1. The normalized spacial score (nSPS) is 13.1. The maximum Gasteiger partial charge on any atom is 0.460 e. The van der Waals surface area contributed by atoms with Gasteiger partial charge in [0.05, 0.1) is 0 Å². The third-order valence-electron chi connectivity index (χ3n) is 3.82. The predicted molar refractivity (Wildman–Crippen MR) is 79.2 cm³/mol. The minimum Gasteiger partial charge on any atom is -0.287 e. The minimum absolute atomic E-state index is 0.604. The molecule has 0 saturated carbocycles. The number of benzene rings is 1. The third kappa shape index (κ3) is 4.95. The predicted octanol–water partition coefficient (Wildman–Crippen LogP) is 6.22. The van der Waals surface area contributed by atoms with Crippen LogP contribution in [0.1, 0.15) is 54.9 Å². The van der Waals surface area contributed by atoms with E-state index >= 15 is 0 Å². The Morgan fingerprint density at radius 3 is 1.84 bits per heavy atom. The van der Waals surface area contributed by atoms with Crippen molar-refractivity contribution < 1.29 is 35.5 Å². The first-order valence-corrected chi connectivity index (χ1v) is 7.91. The largest absolute Gasteiger partial charge is 0.460 e. The smallest absolute Gasteiger partial charge is 0.287 e. The van der Waals surface area contributed by atoms with Gasteiger partial charge in [-0.2, -0.15) is 30.7 Å². The first kappa shape index (κ1) is 21.4. The number of Topliss-reactive ketones (excluding diaryl/α,β-unsaturated/α-hetero) is 1. The fourth-order valence-corrected chi connectivity index (χ4v) is 2.26. The van der Waals surface area contributed by atoms with Crippen molar-refractivity contribution in [3.63, 3.8) is 0 Å². The second-order valence-corrected chi connectivity index (χ2v) is 5.84. The molecule has 0 atom stereocenters. The van der Waals surface area contributed by atoms with Crippen LogP contribution in [-0.4, -0.2) is 23.8 Å². The van der Waals surface area contributed by atoms with Gasteiger partial charge in [-0.1, -0.05) is 56.9 Å². The topological polar surface area (TPSA) is 17.1 Å². The molecule has 1 aromatic rings. The van der Waals surface area contributed by atoms with E-state index < -0.39 is 29.4 Å². The molecule has 0 aromatic heterocycles. The average Bonchev–Trinajstić information content (AvgIpc) is 2.53. The Morgan fingerprint density at radius 2 is 1.36 bits per heavy atom. The van der Waals surface area contributed by atoms with E-state index in [-0.39, 0.29) is 0 Å². The highest BCUT2D eigenvalue weighted by Gasteiger charge is 2.76. The molecular weight excluding hydrogens is 353 g/mol. The zero-order chi connectivity index (χ0) is 19.3. The minimum atomic E-state index is -6.52. The van der Waals surface area contributed by atoms with Gasteiger partial charge in [0.1, 0.15) is 0 Å². The van der Waals surface area contributed by atoms with Crippen LogP contribution in [0.4, 0.5) is 30.7 Å². The SMILES string of the molecule is CCCCCCCc1ccc(C(=O)C(F)(F)C(F)(F)C(F)(F)F)cc1. The summed E-state index contributed by atoms with van der Waals surface area (Å²) < 4.78 is 88.9. The fourth-order valence-electron chi connectivity index (χ4n) is 2.26. The number of carbonyl (C=O) groups is 1. The average molecular weight is 372 g/mol. The van der Waals surface area contributed by atoms with E-state index in [1.165, 1.54) is 12.1 Å². The molecule has 0 aliphatic rings. The Hall–Kier alpha value is -1.60. The lowest BCUT2D eigenvalue weighted by atomic mass is 9.97. The highest BCUT2D eigenvalue weighted by molar-refractivity contribution is 6.02. The summed E-state index contributed by atoms with van der Waals surface area (Å²) in [6.07, 6.45) is -0.910. The number of hydrogen-bond acceptors (Lipinski definition) is 1. The van der Waals surface area contributed by atoms with Gasteiger partial charge < -0.3 is 0 Å². The zero-order valence-corrected chi connectivity index (χ0v) is 13.6. The molecule has 0 aliphatic carbocycles. The molecule has 0 N–H and O–H groups in total. The maximum absolute atomic E-state index is 13.4. The molecule has 0 heterocycles. The van der Waals surface area contributed by atoms with Crippen LogP contribution < -0.4 is 0 Å². The highest BCUT2D eigenvalue weighted by Crippen LogP contribution is 2.47. The van der Waals surface area contributed by atoms with Crippen molar-refractivity contribution in [1.82, 2.24) is 0 Å². The Balaban J connectivity index is 2.79. The van der Waals surface area contributed by atoms with E-state index in [0.717, 1.165) is 44.2 Å². The molecule has 8 heteroatoms. The fraction of sp³-hybridized carbons (Fsp3) is 0.588. The number of unbranched alkanes of at least 4 members (excludes halogenated alkanes) is 4. The van der Waals surface area contributed by atoms with Gasteiger partial charge in [-0.05, 0) is 18.4 Å². The van der Waals surface area contributed by atoms with Crippen LogP contribution in [-0.2, 0) is 6.42 Å². The molecule has 142 valence electrons. The van der Waals surface area contributed by atoms with Crippen LogP contribution in [0.5, 0.6) is 0 Å². The van der Waals surface area contributed by atoms with E-state index in [4.69, 9.17) is 0 Å². The van der Waals surface area contributed by atoms with Crippen molar-refractivity contribution >= 4 is 5.78 Å². The van der Waals surface area contributed by atoms with Crippen LogP contribution in [0.15, 0.2) is 24.3 Å². The number of hydrogen-bond donors (Lipinski definition) is 0. The highest BCUT2D eigenvalue weighted by atomic mass is 19.4. The lowest BCUT2D eigenvalue weighted by molar-refractivity contribution is -0.339. The van der Waals surface area contributed by atoms with Crippen molar-refractivity contribution in [2.75, 3.05) is 0 Å². The third-order valence-corrected chi connectivity index (χ3v) is 3.82. The van der Waals surface area contributed by atoms with Crippen molar-refractivity contribution in [3.05, 3.63) is 35.4 Å². The molecular formula is C17H19F7O. The molecule has 0 spiro atoms. The zero-order valence-electron chi connectivity index (χ0n) is 13.6. The van der Waals surface area contributed by atoms with Crippen LogP contribution >= 0.6 is 0 Å². The van der Waals surface area contributed by atoms with Gasteiger partial charge in [-0.25, -0.2) is 0 Å². The number of halogens is 7. The summed E-state index contributed by atoms with van der Waals surface area (Å²) in [5.41, 5.74) is -0.192. The molecule has 0 amide bonds. The Kier molecular flexibility index (Phi) is 7.02. The van der Waals surface area contributed by atoms with E-state index in [9.17, 15) is 35.5 Å². The van der Waals surface area contributed by atoms with E-state index in [1.54, 1.807) is 0 Å². The molecule has 0 unspecified atom stereocenters. The van der Waals surface area contributed by atoms with Crippen LogP contribution in [0.2, 0.25) is 0 Å². The first-order valence-electron chi connectivity index (χ1n) is 7.91. The molecule has 0 fully saturated rings. The molecule has 1 rings (SSSR count). The van der Waals surface area contributed by atoms with E-state index in [0.29, 0.717) is 12.0 Å². The molecule has 25 heavy (non-hydrogen) atoms. The summed E-state index contributed by atoms with van der Waals surface area (Å²) in [5.74, 6) is -14.9. The molecule has 0 aliphatic heterocycles. The molecule has 0 radical (unpaired) electrons. The van der Waals surface area contributed by atoms with Gasteiger partial charge in [0.2, 0.25) is 5.78 Å². The van der Waals surface area contributed by atoms with Crippen LogP contribution in [0.3, 0.4) is 0 Å². The second kappa shape index (κ2) is 8.19. The first-order chi connectivity index (χ1) is 11.4. The van der Waals surface area contributed by atoms with Crippen molar-refractivity contribution in [1.29, 1.82) is 0 Å². The number of alkyl halides is 7. The number of rotatable bonds is 9. The Morgan fingerprint density at radius 1 is 0.840 bits per heavy atom. The summed E-state index contributed by atoms with van der Waals surface area (Å²) in [6, 6.07) is 4.28. The van der Waals surface area contributed by atoms with Crippen molar-refractivity contribution in [3.8, 4) is 0 Å². The quantitative estimate of drug-likeness (QED) is 0.286. The second-order valence-electron chi connectivity index (χ2n) is 5.84. The summed E-state index contributed by atoms with van der Waals surface area (Å²) in [5, 5.41) is 0. The summed E-state index contributed by atoms with van der Waals surface area (Å²) in [7, 11) is 0. The lowest BCUT2D eigenvalue weighted by Gasteiger charge is -2.27. The Labute approximate surface area is 141 Å².